The van der Waals surface area contributed by atoms with Gasteiger partial charge >= 0.3 is 0 Å². The molecule has 0 atom stereocenters. The molecule has 6 heteroatoms. The van der Waals surface area contributed by atoms with E-state index in [1.165, 1.54) is 0 Å². The number of nitrogens with zero attached hydrogens (tertiary/aromatic N) is 2. The number of pyridine rings is 1. The molecule has 0 unspecified atom stereocenters. The van der Waals surface area contributed by atoms with Crippen molar-refractivity contribution >= 4 is 34.1 Å². The number of hydrogen-bond donors (Lipinski definition) is 1. The number of hydrogen-bond acceptors (Lipinski definition) is 4. The van der Waals surface area contributed by atoms with Crippen LogP contribution in [0, 0.1) is 12.7 Å². The van der Waals surface area contributed by atoms with Gasteiger partial charge in [0, 0.05) is 6.20 Å². The second-order valence-corrected chi connectivity index (χ2v) is 4.49. The van der Waals surface area contributed by atoms with Crippen LogP contribution in [-0.2, 0) is 0 Å². The fourth-order valence-electron chi connectivity index (χ4n) is 1.76. The van der Waals surface area contributed by atoms with Gasteiger partial charge in [-0.3, -0.25) is 4.98 Å². The van der Waals surface area contributed by atoms with Crippen molar-refractivity contribution in [3.63, 3.8) is 0 Å². The molecule has 2 aromatic heterocycles. The van der Waals surface area contributed by atoms with Crippen molar-refractivity contribution in [1.82, 2.24) is 10.1 Å². The zero-order valence-electron chi connectivity index (χ0n) is 9.95. The van der Waals surface area contributed by atoms with Gasteiger partial charge < -0.3 is 9.84 Å². The molecular formula is C13H9ClFN3O. The van der Waals surface area contributed by atoms with E-state index in [2.05, 4.69) is 15.5 Å². The van der Waals surface area contributed by atoms with Crippen LogP contribution in [-0.4, -0.2) is 10.1 Å². The summed E-state index contributed by atoms with van der Waals surface area (Å²) in [6, 6.07) is 5.07. The summed E-state index contributed by atoms with van der Waals surface area (Å²) in [4.78, 5) is 3.96. The van der Waals surface area contributed by atoms with Crippen molar-refractivity contribution in [2.45, 2.75) is 6.92 Å². The Morgan fingerprint density at radius 1 is 1.32 bits per heavy atom. The highest BCUT2D eigenvalue weighted by Gasteiger charge is 2.14. The van der Waals surface area contributed by atoms with Gasteiger partial charge in [-0.25, -0.2) is 4.39 Å². The van der Waals surface area contributed by atoms with Crippen LogP contribution < -0.4 is 5.32 Å². The Balaban J connectivity index is 2.08. The van der Waals surface area contributed by atoms with E-state index in [9.17, 15) is 4.39 Å². The van der Waals surface area contributed by atoms with E-state index in [4.69, 9.17) is 16.1 Å². The SMILES string of the molecule is Cc1ccc2c(Nc3cnccc3Cl)noc2c1F. The molecule has 3 aromatic rings. The first-order valence-corrected chi connectivity index (χ1v) is 5.95. The lowest BCUT2D eigenvalue weighted by molar-refractivity contribution is 0.442. The maximum atomic E-state index is 13.8. The number of nitrogens with one attached hydrogen (secondary N) is 1. The molecule has 0 fully saturated rings. The summed E-state index contributed by atoms with van der Waals surface area (Å²) in [6.07, 6.45) is 3.14. The maximum Gasteiger partial charge on any atom is 0.204 e. The number of aromatic nitrogens is 2. The first kappa shape index (κ1) is 11.9. The Labute approximate surface area is 113 Å². The quantitative estimate of drug-likeness (QED) is 0.767. The standard InChI is InChI=1S/C13H9ClFN3O/c1-7-2-3-8-12(11(7)15)19-18-13(8)17-10-6-16-5-4-9(10)14/h2-6H,1H3,(H,17,18). The van der Waals surface area contributed by atoms with Crippen molar-refractivity contribution in [3.8, 4) is 0 Å². The topological polar surface area (TPSA) is 51.0 Å². The van der Waals surface area contributed by atoms with Crippen molar-refractivity contribution in [2.75, 3.05) is 5.32 Å². The number of benzene rings is 1. The molecule has 4 nitrogen and oxygen atoms in total. The summed E-state index contributed by atoms with van der Waals surface area (Å²) in [5, 5.41) is 7.85. The van der Waals surface area contributed by atoms with E-state index in [1.807, 2.05) is 0 Å². The minimum Gasteiger partial charge on any atom is -0.351 e. The number of rotatable bonds is 2. The van der Waals surface area contributed by atoms with Gasteiger partial charge in [-0.05, 0) is 24.6 Å². The Morgan fingerprint density at radius 3 is 2.95 bits per heavy atom. The van der Waals surface area contributed by atoms with E-state index >= 15 is 0 Å². The van der Waals surface area contributed by atoms with Crippen molar-refractivity contribution in [2.24, 2.45) is 0 Å². The van der Waals surface area contributed by atoms with Gasteiger partial charge in [0.1, 0.15) is 0 Å². The third kappa shape index (κ3) is 2.02. The molecule has 0 amide bonds. The smallest absolute Gasteiger partial charge is 0.204 e. The predicted octanol–water partition coefficient (Wildman–Crippen LogP) is 4.07. The van der Waals surface area contributed by atoms with E-state index in [0.29, 0.717) is 27.5 Å². The lowest BCUT2D eigenvalue weighted by Crippen LogP contribution is -1.92. The molecule has 0 radical (unpaired) electrons. The minimum atomic E-state index is -0.407. The van der Waals surface area contributed by atoms with Gasteiger partial charge in [-0.15, -0.1) is 0 Å². The van der Waals surface area contributed by atoms with Gasteiger partial charge in [-0.1, -0.05) is 22.8 Å². The second-order valence-electron chi connectivity index (χ2n) is 4.08. The summed E-state index contributed by atoms with van der Waals surface area (Å²) in [5.41, 5.74) is 1.22. The van der Waals surface area contributed by atoms with Crippen LogP contribution in [0.3, 0.4) is 0 Å². The van der Waals surface area contributed by atoms with Crippen LogP contribution in [0.1, 0.15) is 5.56 Å². The molecule has 0 spiro atoms. The lowest BCUT2D eigenvalue weighted by atomic mass is 10.2. The maximum absolute atomic E-state index is 13.8. The molecule has 0 aliphatic heterocycles. The monoisotopic (exact) mass is 277 g/mol. The Kier molecular flexibility index (Phi) is 2.83. The molecule has 96 valence electrons. The Hall–Kier alpha value is -2.14. The highest BCUT2D eigenvalue weighted by atomic mass is 35.5. The highest BCUT2D eigenvalue weighted by Crippen LogP contribution is 2.30. The number of aryl methyl sites for hydroxylation is 1. The first-order valence-electron chi connectivity index (χ1n) is 5.58. The molecule has 0 saturated carbocycles. The third-order valence-corrected chi connectivity index (χ3v) is 3.12. The normalized spacial score (nSPS) is 10.9. The second kappa shape index (κ2) is 4.51. The Bertz CT molecular complexity index is 757. The van der Waals surface area contributed by atoms with Crippen LogP contribution in [0.5, 0.6) is 0 Å². The predicted molar refractivity (Wildman–Crippen MR) is 71.2 cm³/mol. The van der Waals surface area contributed by atoms with Gasteiger partial charge in [0.05, 0.1) is 22.3 Å². The largest absolute Gasteiger partial charge is 0.351 e. The molecule has 0 aliphatic rings. The highest BCUT2D eigenvalue weighted by molar-refractivity contribution is 6.33. The van der Waals surface area contributed by atoms with E-state index in [1.54, 1.807) is 37.5 Å². The van der Waals surface area contributed by atoms with Gasteiger partial charge in [0.25, 0.3) is 0 Å². The minimum absolute atomic E-state index is 0.127. The molecule has 3 rings (SSSR count). The molecule has 1 N–H and O–H groups in total. The molecule has 0 bridgehead atoms. The van der Waals surface area contributed by atoms with Crippen molar-refractivity contribution in [1.29, 1.82) is 0 Å². The van der Waals surface area contributed by atoms with Crippen LogP contribution >= 0.6 is 11.6 Å². The van der Waals surface area contributed by atoms with Crippen molar-refractivity contribution < 1.29 is 8.91 Å². The molecule has 2 heterocycles. The molecule has 19 heavy (non-hydrogen) atoms. The average Bonchev–Trinajstić information content (AvgIpc) is 2.81. The van der Waals surface area contributed by atoms with Gasteiger partial charge in [0.15, 0.2) is 11.6 Å². The zero-order valence-corrected chi connectivity index (χ0v) is 10.7. The first-order chi connectivity index (χ1) is 9.16. The van der Waals surface area contributed by atoms with Gasteiger partial charge in [0.2, 0.25) is 5.58 Å². The summed E-state index contributed by atoms with van der Waals surface area (Å²) < 4.78 is 18.9. The summed E-state index contributed by atoms with van der Waals surface area (Å²) in [5.74, 6) is -0.000802. The van der Waals surface area contributed by atoms with Crippen molar-refractivity contribution in [3.05, 3.63) is 47.0 Å². The summed E-state index contributed by atoms with van der Waals surface area (Å²) in [6.45, 7) is 1.67. The van der Waals surface area contributed by atoms with E-state index < -0.39 is 5.82 Å². The van der Waals surface area contributed by atoms with E-state index in [0.717, 1.165) is 0 Å². The Morgan fingerprint density at radius 2 is 2.16 bits per heavy atom. The average molecular weight is 278 g/mol. The zero-order chi connectivity index (χ0) is 13.4. The van der Waals surface area contributed by atoms with E-state index in [-0.39, 0.29) is 5.58 Å². The molecule has 1 aromatic carbocycles. The van der Waals surface area contributed by atoms with Crippen LogP contribution in [0.25, 0.3) is 11.0 Å². The molecule has 0 saturated heterocycles. The third-order valence-electron chi connectivity index (χ3n) is 2.79. The van der Waals surface area contributed by atoms with Gasteiger partial charge in [-0.2, -0.15) is 0 Å². The number of anilines is 2. The lowest BCUT2D eigenvalue weighted by Gasteiger charge is -2.04. The summed E-state index contributed by atoms with van der Waals surface area (Å²) in [7, 11) is 0. The van der Waals surface area contributed by atoms with Crippen LogP contribution in [0.15, 0.2) is 35.1 Å². The van der Waals surface area contributed by atoms with Crippen LogP contribution in [0.4, 0.5) is 15.9 Å². The number of halogens is 2. The fourth-order valence-corrected chi connectivity index (χ4v) is 1.91. The van der Waals surface area contributed by atoms with Crippen LogP contribution in [0.2, 0.25) is 5.02 Å². The molecular weight excluding hydrogens is 269 g/mol. The summed E-state index contributed by atoms with van der Waals surface area (Å²) >= 11 is 6.01. The molecule has 0 aliphatic carbocycles. The number of fused-ring (bicyclic) bond motifs is 1. The fraction of sp³-hybridized carbons (Fsp3) is 0.0769.